The minimum absolute atomic E-state index is 0.204. The Morgan fingerprint density at radius 1 is 1.48 bits per heavy atom. The molecule has 0 atom stereocenters. The average Bonchev–Trinajstić information content (AvgIpc) is 3.06. The van der Waals surface area contributed by atoms with Gasteiger partial charge in [0.2, 0.25) is 10.0 Å². The van der Waals surface area contributed by atoms with Gasteiger partial charge >= 0.3 is 0 Å². The summed E-state index contributed by atoms with van der Waals surface area (Å²) >= 11 is 0. The number of H-pyrrole nitrogens is 1. The summed E-state index contributed by atoms with van der Waals surface area (Å²) < 4.78 is 32.3. The van der Waals surface area contributed by atoms with Crippen LogP contribution in [0.3, 0.4) is 0 Å². The highest BCUT2D eigenvalue weighted by Gasteiger charge is 2.30. The minimum atomic E-state index is -3.63. The Balaban J connectivity index is 2.37. The van der Waals surface area contributed by atoms with E-state index in [4.69, 9.17) is 4.42 Å². The lowest BCUT2D eigenvalue weighted by atomic mass is 10.4. The first-order chi connectivity index (χ1) is 10.0. The van der Waals surface area contributed by atoms with Gasteiger partial charge in [-0.25, -0.2) is 8.42 Å². The molecule has 2 aromatic heterocycles. The van der Waals surface area contributed by atoms with Gasteiger partial charge in [0.15, 0.2) is 0 Å². The lowest BCUT2D eigenvalue weighted by molar-refractivity contribution is 0.375. The molecule has 21 heavy (non-hydrogen) atoms. The van der Waals surface area contributed by atoms with Gasteiger partial charge in [0, 0.05) is 13.1 Å². The maximum Gasteiger partial charge on any atom is 0.247 e. The van der Waals surface area contributed by atoms with Crippen LogP contribution in [0.2, 0.25) is 0 Å². The third-order valence-corrected chi connectivity index (χ3v) is 5.29. The van der Waals surface area contributed by atoms with E-state index in [1.807, 2.05) is 0 Å². The maximum absolute atomic E-state index is 12.9. The number of aromatic nitrogens is 2. The number of hydrogen-bond acceptors (Lipinski definition) is 5. The summed E-state index contributed by atoms with van der Waals surface area (Å²) in [6, 6.07) is 3.50. The van der Waals surface area contributed by atoms with Crippen LogP contribution in [0.4, 0.5) is 0 Å². The van der Waals surface area contributed by atoms with E-state index in [9.17, 15) is 8.42 Å². The molecule has 2 rings (SSSR count). The molecule has 116 valence electrons. The largest absolute Gasteiger partial charge is 0.468 e. The zero-order valence-corrected chi connectivity index (χ0v) is 13.2. The average molecular weight is 312 g/mol. The van der Waals surface area contributed by atoms with Crippen molar-refractivity contribution >= 4 is 10.0 Å². The van der Waals surface area contributed by atoms with Crippen LogP contribution in [0.5, 0.6) is 0 Å². The number of sulfonamides is 1. The topological polar surface area (TPSA) is 91.2 Å². The van der Waals surface area contributed by atoms with Gasteiger partial charge in [-0.15, -0.1) is 0 Å². The molecule has 0 fully saturated rings. The summed E-state index contributed by atoms with van der Waals surface area (Å²) in [6.07, 6.45) is 1.53. The Bertz CT molecular complexity index is 676. The summed E-state index contributed by atoms with van der Waals surface area (Å²) in [6.45, 7) is 4.45. The van der Waals surface area contributed by atoms with Crippen molar-refractivity contribution in [3.8, 4) is 0 Å². The van der Waals surface area contributed by atoms with E-state index in [1.54, 1.807) is 33.0 Å². The van der Waals surface area contributed by atoms with Crippen molar-refractivity contribution in [2.45, 2.75) is 31.8 Å². The molecule has 2 N–H and O–H groups in total. The van der Waals surface area contributed by atoms with Crippen LogP contribution in [-0.4, -0.2) is 36.5 Å². The van der Waals surface area contributed by atoms with Gasteiger partial charge in [-0.05, 0) is 26.1 Å². The van der Waals surface area contributed by atoms with Gasteiger partial charge in [-0.2, -0.15) is 9.40 Å². The highest BCUT2D eigenvalue weighted by molar-refractivity contribution is 7.89. The summed E-state index contributed by atoms with van der Waals surface area (Å²) in [4.78, 5) is 0.241. The fraction of sp³-hybridized carbons (Fsp3) is 0.462. The SMILES string of the molecule is CCN(Cc1ccco1)S(=O)(=O)c1c(CNC)n[nH]c1C. The molecule has 0 unspecified atom stereocenters. The highest BCUT2D eigenvalue weighted by atomic mass is 32.2. The van der Waals surface area contributed by atoms with E-state index in [1.165, 1.54) is 10.6 Å². The normalized spacial score (nSPS) is 12.2. The Kier molecular flexibility index (Phi) is 4.81. The molecule has 0 aliphatic rings. The van der Waals surface area contributed by atoms with E-state index in [0.29, 0.717) is 30.2 Å². The first-order valence-corrected chi connectivity index (χ1v) is 8.15. The summed E-state index contributed by atoms with van der Waals surface area (Å²) in [7, 11) is -1.88. The summed E-state index contributed by atoms with van der Waals surface area (Å²) in [5, 5.41) is 9.74. The lowest BCUT2D eigenvalue weighted by Gasteiger charge is -2.19. The van der Waals surface area contributed by atoms with Crippen molar-refractivity contribution in [2.75, 3.05) is 13.6 Å². The molecule has 0 amide bonds. The molecule has 2 aromatic rings. The van der Waals surface area contributed by atoms with Crippen LogP contribution in [0, 0.1) is 6.92 Å². The van der Waals surface area contributed by atoms with Gasteiger partial charge < -0.3 is 9.73 Å². The Morgan fingerprint density at radius 3 is 2.81 bits per heavy atom. The van der Waals surface area contributed by atoms with Gasteiger partial charge in [-0.1, -0.05) is 6.92 Å². The predicted molar refractivity (Wildman–Crippen MR) is 78.1 cm³/mol. The van der Waals surface area contributed by atoms with E-state index >= 15 is 0 Å². The van der Waals surface area contributed by atoms with Crippen LogP contribution >= 0.6 is 0 Å². The van der Waals surface area contributed by atoms with Gasteiger partial charge in [0.25, 0.3) is 0 Å². The van der Waals surface area contributed by atoms with Crippen LogP contribution in [0.25, 0.3) is 0 Å². The van der Waals surface area contributed by atoms with E-state index in [0.717, 1.165) is 0 Å². The summed E-state index contributed by atoms with van der Waals surface area (Å²) in [5.74, 6) is 0.608. The van der Waals surface area contributed by atoms with Crippen LogP contribution in [0.15, 0.2) is 27.7 Å². The molecule has 0 spiro atoms. The minimum Gasteiger partial charge on any atom is -0.468 e. The van der Waals surface area contributed by atoms with Crippen molar-refractivity contribution in [3.63, 3.8) is 0 Å². The second-order valence-corrected chi connectivity index (χ2v) is 6.54. The standard InChI is InChI=1S/C13H20N4O3S/c1-4-17(9-11-6-5-7-20-11)21(18,19)13-10(2)15-16-12(13)8-14-3/h5-7,14H,4,8-9H2,1-3H3,(H,15,16). The molecule has 0 aliphatic carbocycles. The molecule has 0 saturated carbocycles. The molecule has 0 aromatic carbocycles. The highest BCUT2D eigenvalue weighted by Crippen LogP contribution is 2.23. The molecule has 7 nitrogen and oxygen atoms in total. The molecule has 0 radical (unpaired) electrons. The predicted octanol–water partition coefficient (Wildman–Crippen LogP) is 1.24. The molecule has 0 bridgehead atoms. The molecular formula is C13H20N4O3S. The van der Waals surface area contributed by atoms with E-state index in [2.05, 4.69) is 15.5 Å². The molecule has 2 heterocycles. The maximum atomic E-state index is 12.9. The zero-order chi connectivity index (χ0) is 15.5. The number of furan rings is 1. The third kappa shape index (κ3) is 3.17. The second kappa shape index (κ2) is 6.42. The number of hydrogen-bond donors (Lipinski definition) is 2. The quantitative estimate of drug-likeness (QED) is 0.802. The molecule has 0 saturated heterocycles. The number of nitrogens with one attached hydrogen (secondary N) is 2. The van der Waals surface area contributed by atoms with Crippen molar-refractivity contribution in [2.24, 2.45) is 0 Å². The van der Waals surface area contributed by atoms with Crippen LogP contribution < -0.4 is 5.32 Å². The van der Waals surface area contributed by atoms with Gasteiger partial charge in [-0.3, -0.25) is 5.10 Å². The first kappa shape index (κ1) is 15.7. The van der Waals surface area contributed by atoms with Crippen LogP contribution in [0.1, 0.15) is 24.1 Å². The number of aryl methyl sites for hydroxylation is 1. The van der Waals surface area contributed by atoms with Crippen LogP contribution in [-0.2, 0) is 23.1 Å². The molecule has 0 aliphatic heterocycles. The first-order valence-electron chi connectivity index (χ1n) is 6.71. The molecule has 8 heteroatoms. The zero-order valence-electron chi connectivity index (χ0n) is 12.4. The number of rotatable bonds is 7. The Hall–Kier alpha value is -1.64. The van der Waals surface area contributed by atoms with Crippen molar-refractivity contribution in [3.05, 3.63) is 35.5 Å². The smallest absolute Gasteiger partial charge is 0.247 e. The van der Waals surface area contributed by atoms with Gasteiger partial charge in [0.05, 0.1) is 24.2 Å². The van der Waals surface area contributed by atoms with Crippen molar-refractivity contribution < 1.29 is 12.8 Å². The number of nitrogens with zero attached hydrogens (tertiary/aromatic N) is 2. The number of aromatic amines is 1. The second-order valence-electron chi connectivity index (χ2n) is 4.67. The Morgan fingerprint density at radius 2 is 2.24 bits per heavy atom. The van der Waals surface area contributed by atoms with E-state index in [-0.39, 0.29) is 11.4 Å². The fourth-order valence-corrected chi connectivity index (χ4v) is 3.91. The molecular weight excluding hydrogens is 292 g/mol. The fourth-order valence-electron chi connectivity index (χ4n) is 2.17. The van der Waals surface area contributed by atoms with Gasteiger partial charge in [0.1, 0.15) is 10.7 Å². The monoisotopic (exact) mass is 312 g/mol. The summed E-state index contributed by atoms with van der Waals surface area (Å²) in [5.41, 5.74) is 1.03. The third-order valence-electron chi connectivity index (χ3n) is 3.17. The van der Waals surface area contributed by atoms with E-state index < -0.39 is 10.0 Å². The lowest BCUT2D eigenvalue weighted by Crippen LogP contribution is -2.31. The Labute approximate surface area is 124 Å². The van der Waals surface area contributed by atoms with Crippen molar-refractivity contribution in [1.82, 2.24) is 19.8 Å². The van der Waals surface area contributed by atoms with Crippen molar-refractivity contribution in [1.29, 1.82) is 0 Å².